The number of esters is 1. The van der Waals surface area contributed by atoms with E-state index in [-0.39, 0.29) is 6.61 Å². The van der Waals surface area contributed by atoms with Gasteiger partial charge >= 0.3 is 5.97 Å². The molecule has 0 spiro atoms. The lowest BCUT2D eigenvalue weighted by Crippen LogP contribution is -2.17. The Morgan fingerprint density at radius 1 is 1.40 bits per heavy atom. The second kappa shape index (κ2) is 5.39. The molecule has 0 bridgehead atoms. The normalized spacial score (nSPS) is 11.2. The van der Waals surface area contributed by atoms with Gasteiger partial charge in [0.1, 0.15) is 6.61 Å². The Balaban J connectivity index is 2.62. The maximum absolute atomic E-state index is 11.4. The highest BCUT2D eigenvalue weighted by Gasteiger charge is 2.22. The van der Waals surface area contributed by atoms with Gasteiger partial charge in [-0.05, 0) is 18.2 Å². The second-order valence-corrected chi connectivity index (χ2v) is 6.13. The van der Waals surface area contributed by atoms with Crippen molar-refractivity contribution in [2.45, 2.75) is 3.79 Å². The van der Waals surface area contributed by atoms with E-state index in [4.69, 9.17) is 39.5 Å². The third-order valence-electron chi connectivity index (χ3n) is 1.43. The van der Waals surface area contributed by atoms with Crippen LogP contribution in [0.25, 0.3) is 0 Å². The summed E-state index contributed by atoms with van der Waals surface area (Å²) >= 11 is 19.6. The van der Waals surface area contributed by atoms with Crippen molar-refractivity contribution in [3.8, 4) is 0 Å². The van der Waals surface area contributed by atoms with Gasteiger partial charge in [-0.15, -0.1) is 0 Å². The van der Waals surface area contributed by atoms with Crippen LogP contribution >= 0.6 is 50.7 Å². The summed E-state index contributed by atoms with van der Waals surface area (Å²) in [6, 6.07) is 6.76. The number of rotatable bonds is 2. The van der Waals surface area contributed by atoms with Gasteiger partial charge in [-0.3, -0.25) is 0 Å². The van der Waals surface area contributed by atoms with Gasteiger partial charge in [0.2, 0.25) is 3.79 Å². The van der Waals surface area contributed by atoms with E-state index in [0.717, 1.165) is 4.47 Å². The van der Waals surface area contributed by atoms with Gasteiger partial charge in [0, 0.05) is 4.47 Å². The average Bonchev–Trinajstić information content (AvgIpc) is 2.13. The number of hydrogen-bond acceptors (Lipinski definition) is 2. The molecule has 0 heterocycles. The fraction of sp³-hybridized carbons (Fsp3) is 0.222. The minimum Gasteiger partial charge on any atom is -0.458 e. The van der Waals surface area contributed by atoms with Crippen molar-refractivity contribution in [1.82, 2.24) is 0 Å². The van der Waals surface area contributed by atoms with E-state index >= 15 is 0 Å². The molecule has 2 nitrogen and oxygen atoms in total. The van der Waals surface area contributed by atoms with Gasteiger partial charge in [0.05, 0.1) is 5.56 Å². The molecule has 0 aliphatic rings. The molecule has 15 heavy (non-hydrogen) atoms. The van der Waals surface area contributed by atoms with Crippen molar-refractivity contribution >= 4 is 56.7 Å². The Hall–Kier alpha value is 0.0400. The van der Waals surface area contributed by atoms with E-state index in [9.17, 15) is 4.79 Å². The molecule has 0 radical (unpaired) electrons. The Labute approximate surface area is 111 Å². The summed E-state index contributed by atoms with van der Waals surface area (Å²) in [7, 11) is 0. The van der Waals surface area contributed by atoms with E-state index in [2.05, 4.69) is 15.9 Å². The maximum atomic E-state index is 11.4. The lowest BCUT2D eigenvalue weighted by atomic mass is 10.2. The van der Waals surface area contributed by atoms with Crippen LogP contribution in [0.4, 0.5) is 0 Å². The molecule has 6 heteroatoms. The van der Waals surface area contributed by atoms with Crippen LogP contribution < -0.4 is 0 Å². The Bertz CT molecular complexity index is 363. The van der Waals surface area contributed by atoms with Gasteiger partial charge in [-0.2, -0.15) is 0 Å². The highest BCUT2D eigenvalue weighted by molar-refractivity contribution is 9.10. The minimum atomic E-state index is -1.58. The SMILES string of the molecule is O=C(OCC(Cl)(Cl)Cl)c1cccc(Br)c1. The quantitative estimate of drug-likeness (QED) is 0.605. The van der Waals surface area contributed by atoms with Gasteiger partial charge in [0.25, 0.3) is 0 Å². The lowest BCUT2D eigenvalue weighted by Gasteiger charge is -2.11. The zero-order valence-electron chi connectivity index (χ0n) is 7.34. The molecule has 1 rings (SSSR count). The monoisotopic (exact) mass is 330 g/mol. The van der Waals surface area contributed by atoms with Gasteiger partial charge in [-0.25, -0.2) is 4.79 Å². The Morgan fingerprint density at radius 2 is 2.07 bits per heavy atom. The van der Waals surface area contributed by atoms with E-state index in [1.807, 2.05) is 0 Å². The first kappa shape index (κ1) is 13.1. The van der Waals surface area contributed by atoms with Crippen LogP contribution in [0.15, 0.2) is 28.7 Å². The van der Waals surface area contributed by atoms with Gasteiger partial charge < -0.3 is 4.74 Å². The number of alkyl halides is 3. The second-order valence-electron chi connectivity index (χ2n) is 2.70. The Morgan fingerprint density at radius 3 is 2.60 bits per heavy atom. The minimum absolute atomic E-state index is 0.275. The highest BCUT2D eigenvalue weighted by Crippen LogP contribution is 2.26. The molecule has 0 fully saturated rings. The predicted octanol–water partition coefficient (Wildman–Crippen LogP) is 3.98. The first-order chi connectivity index (χ1) is 6.88. The van der Waals surface area contributed by atoms with E-state index < -0.39 is 9.76 Å². The van der Waals surface area contributed by atoms with Crippen molar-refractivity contribution in [2.75, 3.05) is 6.61 Å². The molecule has 0 N–H and O–H groups in total. The summed E-state index contributed by atoms with van der Waals surface area (Å²) in [5.74, 6) is -0.525. The van der Waals surface area contributed by atoms with Crippen LogP contribution in [-0.2, 0) is 4.74 Å². The highest BCUT2D eigenvalue weighted by atomic mass is 79.9. The molecule has 0 aliphatic carbocycles. The summed E-state index contributed by atoms with van der Waals surface area (Å²) in [5, 5.41) is 0. The van der Waals surface area contributed by atoms with Gasteiger partial charge in [-0.1, -0.05) is 56.8 Å². The molecular formula is C9H6BrCl3O2. The van der Waals surface area contributed by atoms with Crippen molar-refractivity contribution in [3.05, 3.63) is 34.3 Å². The predicted molar refractivity (Wildman–Crippen MR) is 64.7 cm³/mol. The molecule has 0 aliphatic heterocycles. The van der Waals surface area contributed by atoms with E-state index in [1.54, 1.807) is 24.3 Å². The van der Waals surface area contributed by atoms with Crippen molar-refractivity contribution in [2.24, 2.45) is 0 Å². The maximum Gasteiger partial charge on any atom is 0.338 e. The molecule has 1 aromatic carbocycles. The van der Waals surface area contributed by atoms with Gasteiger partial charge in [0.15, 0.2) is 0 Å². The molecule has 0 amide bonds. The molecule has 0 aromatic heterocycles. The summed E-state index contributed by atoms with van der Waals surface area (Å²) in [6.45, 7) is -0.275. The lowest BCUT2D eigenvalue weighted by molar-refractivity contribution is 0.0512. The number of hydrogen-bond donors (Lipinski definition) is 0. The number of carbonyl (C=O) groups excluding carboxylic acids is 1. The fourth-order valence-corrected chi connectivity index (χ4v) is 1.41. The molecular weight excluding hydrogens is 326 g/mol. The first-order valence-electron chi connectivity index (χ1n) is 3.88. The van der Waals surface area contributed by atoms with Crippen LogP contribution in [0.1, 0.15) is 10.4 Å². The van der Waals surface area contributed by atoms with Crippen LogP contribution in [0, 0.1) is 0 Å². The van der Waals surface area contributed by atoms with Crippen molar-refractivity contribution in [3.63, 3.8) is 0 Å². The molecule has 0 unspecified atom stereocenters. The number of ether oxygens (including phenoxy) is 1. The summed E-state index contributed by atoms with van der Waals surface area (Å²) in [5.41, 5.74) is 0.402. The third kappa shape index (κ3) is 5.07. The third-order valence-corrected chi connectivity index (χ3v) is 2.25. The number of carbonyl (C=O) groups is 1. The van der Waals surface area contributed by atoms with E-state index in [1.165, 1.54) is 0 Å². The zero-order chi connectivity index (χ0) is 11.5. The average molecular weight is 332 g/mol. The molecule has 0 atom stereocenters. The van der Waals surface area contributed by atoms with Crippen molar-refractivity contribution < 1.29 is 9.53 Å². The largest absolute Gasteiger partial charge is 0.458 e. The smallest absolute Gasteiger partial charge is 0.338 e. The van der Waals surface area contributed by atoms with Crippen LogP contribution in [-0.4, -0.2) is 16.4 Å². The zero-order valence-corrected chi connectivity index (χ0v) is 11.2. The van der Waals surface area contributed by atoms with E-state index in [0.29, 0.717) is 5.56 Å². The molecule has 0 saturated carbocycles. The summed E-state index contributed by atoms with van der Waals surface area (Å²) in [6.07, 6.45) is 0. The standard InChI is InChI=1S/C9H6BrCl3O2/c10-7-3-1-2-6(4-7)8(14)15-5-9(11,12)13/h1-4H,5H2. The van der Waals surface area contributed by atoms with Crippen LogP contribution in [0.3, 0.4) is 0 Å². The molecule has 82 valence electrons. The number of benzene rings is 1. The topological polar surface area (TPSA) is 26.3 Å². The fourth-order valence-electron chi connectivity index (χ4n) is 0.846. The molecule has 1 aromatic rings. The van der Waals surface area contributed by atoms with Crippen LogP contribution in [0.2, 0.25) is 0 Å². The van der Waals surface area contributed by atoms with Crippen molar-refractivity contribution in [1.29, 1.82) is 0 Å². The Kier molecular flexibility index (Phi) is 4.71. The van der Waals surface area contributed by atoms with Crippen LogP contribution in [0.5, 0.6) is 0 Å². The number of halogens is 4. The summed E-state index contributed by atoms with van der Waals surface area (Å²) < 4.78 is 3.99. The summed E-state index contributed by atoms with van der Waals surface area (Å²) in [4.78, 5) is 11.4. The molecule has 0 saturated heterocycles. The first-order valence-corrected chi connectivity index (χ1v) is 5.80.